The van der Waals surface area contributed by atoms with E-state index in [-0.39, 0.29) is 0 Å². The third-order valence-corrected chi connectivity index (χ3v) is 8.55. The van der Waals surface area contributed by atoms with Crippen molar-refractivity contribution in [1.29, 1.82) is 0 Å². The van der Waals surface area contributed by atoms with Crippen LogP contribution in [0.3, 0.4) is 0 Å². The van der Waals surface area contributed by atoms with E-state index >= 15 is 0 Å². The predicted molar refractivity (Wildman–Crippen MR) is 171 cm³/mol. The van der Waals surface area contributed by atoms with Crippen molar-refractivity contribution in [1.82, 2.24) is 4.57 Å². The van der Waals surface area contributed by atoms with E-state index in [0.717, 1.165) is 6.54 Å². The highest BCUT2D eigenvalue weighted by molar-refractivity contribution is 5.14. The number of aryl methyl sites for hydroxylation is 3. The molecule has 0 aliphatic carbocycles. The monoisotopic (exact) mass is 538 g/mol. The molecule has 1 aromatic heterocycles. The SMILES string of the molecule is CCCCCCCCCCCCCCCCCCc1n(CCCCCCC)cc[n+]1CCCc1ccccc1. The molecule has 0 bridgehead atoms. The summed E-state index contributed by atoms with van der Waals surface area (Å²) in [4.78, 5) is 0. The quantitative estimate of drug-likeness (QED) is 0.0791. The Kier molecular flexibility index (Phi) is 20.9. The fraction of sp³-hybridized carbons (Fsp3) is 0.757. The first-order valence-corrected chi connectivity index (χ1v) is 17.5. The molecule has 0 saturated heterocycles. The Morgan fingerprint density at radius 2 is 1.00 bits per heavy atom. The minimum atomic E-state index is 1.14. The molecule has 0 unspecified atom stereocenters. The lowest BCUT2D eigenvalue weighted by Crippen LogP contribution is -2.37. The van der Waals surface area contributed by atoms with E-state index in [1.54, 1.807) is 5.82 Å². The number of unbranched alkanes of at least 4 members (excludes halogenated alkanes) is 19. The number of benzene rings is 1. The molecule has 0 atom stereocenters. The number of aromatic nitrogens is 2. The zero-order valence-corrected chi connectivity index (χ0v) is 26.3. The van der Waals surface area contributed by atoms with Crippen LogP contribution in [-0.4, -0.2) is 4.57 Å². The molecule has 2 heteroatoms. The van der Waals surface area contributed by atoms with Gasteiger partial charge < -0.3 is 0 Å². The first-order chi connectivity index (χ1) is 19.3. The molecule has 0 fully saturated rings. The summed E-state index contributed by atoms with van der Waals surface area (Å²) in [6.45, 7) is 6.95. The summed E-state index contributed by atoms with van der Waals surface area (Å²) in [6, 6.07) is 11.0. The van der Waals surface area contributed by atoms with Crippen LogP contribution < -0.4 is 4.57 Å². The second kappa shape index (κ2) is 24.2. The molecule has 1 aromatic carbocycles. The molecule has 2 nitrogen and oxygen atoms in total. The normalized spacial score (nSPS) is 11.4. The third kappa shape index (κ3) is 17.0. The topological polar surface area (TPSA) is 8.81 Å². The standard InChI is InChI=1S/C37H65N2/c1-3-5-7-9-10-11-12-13-14-15-16-17-18-19-20-25-31-37-38(32-26-21-8-6-4-2)34-35-39(37)33-27-30-36-28-23-22-24-29-36/h22-24,28-29,34-35H,3-21,25-27,30-33H2,1-2H3/q+1. The van der Waals surface area contributed by atoms with Gasteiger partial charge in [0.05, 0.1) is 13.1 Å². The van der Waals surface area contributed by atoms with Gasteiger partial charge in [0.25, 0.3) is 5.82 Å². The van der Waals surface area contributed by atoms with Crippen LogP contribution >= 0.6 is 0 Å². The number of hydrogen-bond donors (Lipinski definition) is 0. The summed E-state index contributed by atoms with van der Waals surface area (Å²) in [6.07, 6.45) is 38.2. The highest BCUT2D eigenvalue weighted by atomic mass is 15.1. The maximum Gasteiger partial charge on any atom is 0.256 e. The van der Waals surface area contributed by atoms with Gasteiger partial charge in [-0.05, 0) is 37.7 Å². The fourth-order valence-electron chi connectivity index (χ4n) is 6.01. The number of nitrogens with zero attached hydrogens (tertiary/aromatic N) is 2. The number of imidazole rings is 1. The van der Waals surface area contributed by atoms with E-state index in [0.29, 0.717) is 0 Å². The molecule has 0 spiro atoms. The average molecular weight is 538 g/mol. The first kappa shape index (κ1) is 33.6. The molecule has 0 aliphatic rings. The maximum atomic E-state index is 2.58. The molecule has 2 aromatic rings. The van der Waals surface area contributed by atoms with Crippen molar-refractivity contribution in [2.45, 2.75) is 181 Å². The summed E-state index contributed by atoms with van der Waals surface area (Å²) >= 11 is 0. The van der Waals surface area contributed by atoms with Crippen molar-refractivity contribution in [2.24, 2.45) is 0 Å². The summed E-state index contributed by atoms with van der Waals surface area (Å²) in [5.74, 6) is 1.57. The van der Waals surface area contributed by atoms with Crippen molar-refractivity contribution < 1.29 is 4.57 Å². The molecule has 1 heterocycles. The summed E-state index contributed by atoms with van der Waals surface area (Å²) in [7, 11) is 0. The molecule has 0 saturated carbocycles. The highest BCUT2D eigenvalue weighted by Gasteiger charge is 2.16. The minimum Gasteiger partial charge on any atom is -0.234 e. The van der Waals surface area contributed by atoms with Gasteiger partial charge in [-0.2, -0.15) is 0 Å². The van der Waals surface area contributed by atoms with Crippen LogP contribution in [-0.2, 0) is 25.9 Å². The largest absolute Gasteiger partial charge is 0.256 e. The van der Waals surface area contributed by atoms with Gasteiger partial charge in [0, 0.05) is 6.42 Å². The summed E-state index contributed by atoms with van der Waals surface area (Å²) in [5.41, 5.74) is 1.47. The average Bonchev–Trinajstić information content (AvgIpc) is 3.34. The van der Waals surface area contributed by atoms with Crippen LogP contribution in [0.2, 0.25) is 0 Å². The van der Waals surface area contributed by atoms with Gasteiger partial charge in [-0.15, -0.1) is 0 Å². The van der Waals surface area contributed by atoms with E-state index in [9.17, 15) is 0 Å². The van der Waals surface area contributed by atoms with Crippen molar-refractivity contribution in [2.75, 3.05) is 0 Å². The summed E-state index contributed by atoms with van der Waals surface area (Å²) in [5, 5.41) is 0. The molecule has 39 heavy (non-hydrogen) atoms. The van der Waals surface area contributed by atoms with Crippen LogP contribution in [0.5, 0.6) is 0 Å². The Hall–Kier alpha value is -1.57. The zero-order chi connectivity index (χ0) is 27.6. The second-order valence-corrected chi connectivity index (χ2v) is 12.2. The second-order valence-electron chi connectivity index (χ2n) is 12.2. The molecule has 2 rings (SSSR count). The molecule has 0 amide bonds. The Balaban J connectivity index is 1.59. The Morgan fingerprint density at radius 1 is 0.513 bits per heavy atom. The lowest BCUT2D eigenvalue weighted by atomic mass is 10.0. The Bertz CT molecular complexity index is 778. The number of rotatable bonds is 27. The summed E-state index contributed by atoms with van der Waals surface area (Å²) < 4.78 is 5.15. The Labute approximate surface area is 244 Å². The van der Waals surface area contributed by atoms with Gasteiger partial charge in [0.15, 0.2) is 0 Å². The molecule has 0 aliphatic heterocycles. The van der Waals surface area contributed by atoms with Gasteiger partial charge in [0.2, 0.25) is 0 Å². The minimum absolute atomic E-state index is 1.14. The molecule has 222 valence electrons. The van der Waals surface area contributed by atoms with Crippen LogP contribution in [0.15, 0.2) is 42.7 Å². The van der Waals surface area contributed by atoms with E-state index in [2.05, 4.69) is 65.7 Å². The number of hydrogen-bond acceptors (Lipinski definition) is 0. The van der Waals surface area contributed by atoms with Crippen LogP contribution in [0.25, 0.3) is 0 Å². The third-order valence-electron chi connectivity index (χ3n) is 8.55. The van der Waals surface area contributed by atoms with Crippen molar-refractivity contribution >= 4 is 0 Å². The van der Waals surface area contributed by atoms with Gasteiger partial charge in [-0.25, -0.2) is 9.13 Å². The maximum absolute atomic E-state index is 2.58. The molecular weight excluding hydrogens is 472 g/mol. The molecule has 0 radical (unpaired) electrons. The lowest BCUT2D eigenvalue weighted by molar-refractivity contribution is -0.704. The van der Waals surface area contributed by atoms with Crippen molar-refractivity contribution in [3.63, 3.8) is 0 Å². The van der Waals surface area contributed by atoms with Crippen LogP contribution in [0.1, 0.15) is 166 Å². The zero-order valence-electron chi connectivity index (χ0n) is 26.3. The first-order valence-electron chi connectivity index (χ1n) is 17.5. The Morgan fingerprint density at radius 3 is 1.54 bits per heavy atom. The van der Waals surface area contributed by atoms with Gasteiger partial charge in [0.1, 0.15) is 12.4 Å². The van der Waals surface area contributed by atoms with Gasteiger partial charge in [-0.3, -0.25) is 0 Å². The van der Waals surface area contributed by atoms with E-state index in [1.807, 2.05) is 0 Å². The van der Waals surface area contributed by atoms with Gasteiger partial charge in [-0.1, -0.05) is 160 Å². The molecule has 0 N–H and O–H groups in total. The fourth-order valence-corrected chi connectivity index (χ4v) is 6.01. The predicted octanol–water partition coefficient (Wildman–Crippen LogP) is 11.2. The van der Waals surface area contributed by atoms with E-state index in [1.165, 1.54) is 166 Å². The smallest absolute Gasteiger partial charge is 0.234 e. The van der Waals surface area contributed by atoms with Gasteiger partial charge >= 0.3 is 0 Å². The van der Waals surface area contributed by atoms with E-state index < -0.39 is 0 Å². The molecular formula is C37H65N2+. The highest BCUT2D eigenvalue weighted by Crippen LogP contribution is 2.15. The van der Waals surface area contributed by atoms with Crippen molar-refractivity contribution in [3.05, 3.63) is 54.1 Å². The van der Waals surface area contributed by atoms with Crippen LogP contribution in [0.4, 0.5) is 0 Å². The lowest BCUT2D eigenvalue weighted by Gasteiger charge is -2.07. The van der Waals surface area contributed by atoms with Crippen LogP contribution in [0, 0.1) is 0 Å². The van der Waals surface area contributed by atoms with Crippen molar-refractivity contribution in [3.8, 4) is 0 Å². The van der Waals surface area contributed by atoms with E-state index in [4.69, 9.17) is 0 Å².